The molecule has 3 rings (SSSR count). The maximum atomic E-state index is 12.5. The SMILES string of the molecule is COc1ccc(OC)c(Nc2ncc(C(=O)Nc3cc(C)ccc3C)cn2)c1. The Morgan fingerprint density at radius 2 is 1.68 bits per heavy atom. The summed E-state index contributed by atoms with van der Waals surface area (Å²) < 4.78 is 10.6. The lowest BCUT2D eigenvalue weighted by Gasteiger charge is -2.12. The molecule has 7 heteroatoms. The van der Waals surface area contributed by atoms with E-state index in [1.165, 1.54) is 12.4 Å². The summed E-state index contributed by atoms with van der Waals surface area (Å²) in [5.41, 5.74) is 3.86. The van der Waals surface area contributed by atoms with Crippen LogP contribution in [0.2, 0.25) is 0 Å². The number of carbonyl (C=O) groups is 1. The second kappa shape index (κ2) is 8.39. The van der Waals surface area contributed by atoms with Crippen LogP contribution in [-0.4, -0.2) is 30.1 Å². The normalized spacial score (nSPS) is 10.3. The molecule has 0 fully saturated rings. The highest BCUT2D eigenvalue weighted by Gasteiger charge is 2.11. The predicted octanol–water partition coefficient (Wildman–Crippen LogP) is 4.11. The molecule has 1 aromatic heterocycles. The van der Waals surface area contributed by atoms with Crippen LogP contribution in [0, 0.1) is 13.8 Å². The summed E-state index contributed by atoms with van der Waals surface area (Å²) in [6.07, 6.45) is 2.95. The Morgan fingerprint density at radius 1 is 0.929 bits per heavy atom. The van der Waals surface area contributed by atoms with Gasteiger partial charge in [0.05, 0.1) is 25.5 Å². The van der Waals surface area contributed by atoms with Gasteiger partial charge in [-0.25, -0.2) is 9.97 Å². The van der Waals surface area contributed by atoms with Crippen molar-refractivity contribution >= 4 is 23.2 Å². The number of rotatable bonds is 6. The van der Waals surface area contributed by atoms with Crippen LogP contribution in [0.3, 0.4) is 0 Å². The maximum absolute atomic E-state index is 12.5. The van der Waals surface area contributed by atoms with Crippen LogP contribution in [-0.2, 0) is 0 Å². The number of methoxy groups -OCH3 is 2. The lowest BCUT2D eigenvalue weighted by atomic mass is 10.1. The number of nitrogens with zero attached hydrogens (tertiary/aromatic N) is 2. The molecule has 7 nitrogen and oxygen atoms in total. The molecule has 2 N–H and O–H groups in total. The molecule has 28 heavy (non-hydrogen) atoms. The average Bonchev–Trinajstić information content (AvgIpc) is 2.71. The van der Waals surface area contributed by atoms with E-state index in [-0.39, 0.29) is 5.91 Å². The molecule has 0 unspecified atom stereocenters. The highest BCUT2D eigenvalue weighted by molar-refractivity contribution is 6.04. The Morgan fingerprint density at radius 3 is 2.36 bits per heavy atom. The van der Waals surface area contributed by atoms with Crippen LogP contribution in [0.4, 0.5) is 17.3 Å². The predicted molar refractivity (Wildman–Crippen MR) is 109 cm³/mol. The summed E-state index contributed by atoms with van der Waals surface area (Å²) >= 11 is 0. The van der Waals surface area contributed by atoms with E-state index < -0.39 is 0 Å². The minimum absolute atomic E-state index is 0.265. The van der Waals surface area contributed by atoms with Crippen LogP contribution >= 0.6 is 0 Å². The van der Waals surface area contributed by atoms with Crippen LogP contribution in [0.5, 0.6) is 11.5 Å². The Kier molecular flexibility index (Phi) is 5.74. The first-order valence-electron chi connectivity index (χ1n) is 8.70. The van der Waals surface area contributed by atoms with Crippen molar-refractivity contribution in [3.8, 4) is 11.5 Å². The molecule has 0 atom stereocenters. The van der Waals surface area contributed by atoms with Gasteiger partial charge < -0.3 is 20.1 Å². The molecule has 1 heterocycles. The third kappa shape index (κ3) is 4.37. The first kappa shape index (κ1) is 19.2. The second-order valence-corrected chi connectivity index (χ2v) is 6.26. The van der Waals surface area contributed by atoms with Crippen molar-refractivity contribution in [2.75, 3.05) is 24.9 Å². The van der Waals surface area contributed by atoms with E-state index in [1.54, 1.807) is 32.4 Å². The van der Waals surface area contributed by atoms with Gasteiger partial charge in [0.1, 0.15) is 11.5 Å². The highest BCUT2D eigenvalue weighted by Crippen LogP contribution is 2.30. The molecular weight excluding hydrogens is 356 g/mol. The molecule has 1 amide bonds. The van der Waals surface area contributed by atoms with Crippen molar-refractivity contribution in [3.05, 3.63) is 65.5 Å². The van der Waals surface area contributed by atoms with Crippen molar-refractivity contribution in [1.82, 2.24) is 9.97 Å². The molecule has 3 aromatic rings. The van der Waals surface area contributed by atoms with E-state index in [0.29, 0.717) is 28.7 Å². The van der Waals surface area contributed by atoms with Crippen molar-refractivity contribution in [1.29, 1.82) is 0 Å². The highest BCUT2D eigenvalue weighted by atomic mass is 16.5. The van der Waals surface area contributed by atoms with E-state index in [1.807, 2.05) is 32.0 Å². The number of ether oxygens (including phenoxy) is 2. The topological polar surface area (TPSA) is 85.4 Å². The summed E-state index contributed by atoms with van der Waals surface area (Å²) in [7, 11) is 3.17. The molecule has 144 valence electrons. The summed E-state index contributed by atoms with van der Waals surface area (Å²) in [6.45, 7) is 3.92. The third-order valence-electron chi connectivity index (χ3n) is 4.21. The summed E-state index contributed by atoms with van der Waals surface area (Å²) in [6, 6.07) is 11.3. The molecule has 0 bridgehead atoms. The van der Waals surface area contributed by atoms with Crippen molar-refractivity contribution in [3.63, 3.8) is 0 Å². The number of aryl methyl sites for hydroxylation is 2. The van der Waals surface area contributed by atoms with Gasteiger partial charge in [0.25, 0.3) is 5.91 Å². The number of hydrogen-bond acceptors (Lipinski definition) is 6. The van der Waals surface area contributed by atoms with Gasteiger partial charge >= 0.3 is 0 Å². The van der Waals surface area contributed by atoms with Gasteiger partial charge in [-0.3, -0.25) is 4.79 Å². The smallest absolute Gasteiger partial charge is 0.258 e. The van der Waals surface area contributed by atoms with Crippen LogP contribution in [0.1, 0.15) is 21.5 Å². The average molecular weight is 378 g/mol. The first-order valence-corrected chi connectivity index (χ1v) is 8.70. The number of aromatic nitrogens is 2. The molecule has 0 saturated heterocycles. The van der Waals surface area contributed by atoms with Gasteiger partial charge in [0, 0.05) is 24.1 Å². The van der Waals surface area contributed by atoms with Gasteiger partial charge in [-0.05, 0) is 43.2 Å². The minimum Gasteiger partial charge on any atom is -0.497 e. The number of benzene rings is 2. The van der Waals surface area contributed by atoms with E-state index in [9.17, 15) is 4.79 Å². The Balaban J connectivity index is 1.75. The number of hydrogen-bond donors (Lipinski definition) is 2. The number of amides is 1. The molecular formula is C21H22N4O3. The Hall–Kier alpha value is -3.61. The zero-order valence-electron chi connectivity index (χ0n) is 16.2. The molecule has 0 radical (unpaired) electrons. The van der Waals surface area contributed by atoms with Gasteiger partial charge in [0.15, 0.2) is 0 Å². The monoisotopic (exact) mass is 378 g/mol. The van der Waals surface area contributed by atoms with Gasteiger partial charge in [-0.1, -0.05) is 12.1 Å². The summed E-state index contributed by atoms with van der Waals surface area (Å²) in [5, 5.41) is 5.97. The maximum Gasteiger partial charge on any atom is 0.258 e. The van der Waals surface area contributed by atoms with Gasteiger partial charge in [0.2, 0.25) is 5.95 Å². The Bertz CT molecular complexity index is 987. The largest absolute Gasteiger partial charge is 0.497 e. The standard InChI is InChI=1S/C21H22N4O3/c1-13-5-6-14(2)17(9-13)24-20(26)15-11-22-21(23-12-15)25-18-10-16(27-3)7-8-19(18)28-4/h5-12H,1-4H3,(H,24,26)(H,22,23,25). The van der Waals surface area contributed by atoms with Crippen molar-refractivity contribution < 1.29 is 14.3 Å². The van der Waals surface area contributed by atoms with E-state index in [0.717, 1.165) is 16.8 Å². The van der Waals surface area contributed by atoms with Crippen molar-refractivity contribution in [2.45, 2.75) is 13.8 Å². The van der Waals surface area contributed by atoms with Gasteiger partial charge in [-0.2, -0.15) is 0 Å². The number of carbonyl (C=O) groups excluding carboxylic acids is 1. The van der Waals surface area contributed by atoms with Crippen LogP contribution in [0.25, 0.3) is 0 Å². The second-order valence-electron chi connectivity index (χ2n) is 6.26. The molecule has 0 saturated carbocycles. The lowest BCUT2D eigenvalue weighted by molar-refractivity contribution is 0.102. The lowest BCUT2D eigenvalue weighted by Crippen LogP contribution is -2.14. The fourth-order valence-electron chi connectivity index (χ4n) is 2.61. The van der Waals surface area contributed by atoms with E-state index in [2.05, 4.69) is 20.6 Å². The van der Waals surface area contributed by atoms with E-state index in [4.69, 9.17) is 9.47 Å². The molecule has 2 aromatic carbocycles. The minimum atomic E-state index is -0.265. The van der Waals surface area contributed by atoms with E-state index >= 15 is 0 Å². The summed E-state index contributed by atoms with van der Waals surface area (Å²) in [5.74, 6) is 1.38. The molecule has 0 aliphatic heterocycles. The molecule has 0 aliphatic rings. The zero-order chi connectivity index (χ0) is 20.1. The Labute approximate surface area is 163 Å². The fourth-order valence-corrected chi connectivity index (χ4v) is 2.61. The van der Waals surface area contributed by atoms with Gasteiger partial charge in [-0.15, -0.1) is 0 Å². The molecule has 0 spiro atoms. The number of anilines is 3. The van der Waals surface area contributed by atoms with Crippen molar-refractivity contribution in [2.24, 2.45) is 0 Å². The summed E-state index contributed by atoms with van der Waals surface area (Å²) in [4.78, 5) is 20.9. The van der Waals surface area contributed by atoms with Crippen LogP contribution < -0.4 is 20.1 Å². The number of nitrogens with one attached hydrogen (secondary N) is 2. The van der Waals surface area contributed by atoms with Crippen LogP contribution in [0.15, 0.2) is 48.8 Å². The first-order chi connectivity index (χ1) is 13.5. The third-order valence-corrected chi connectivity index (χ3v) is 4.21. The fraction of sp³-hybridized carbons (Fsp3) is 0.190. The quantitative estimate of drug-likeness (QED) is 0.671. The molecule has 0 aliphatic carbocycles. The zero-order valence-corrected chi connectivity index (χ0v) is 16.2.